The molecule has 0 saturated carbocycles. The lowest BCUT2D eigenvalue weighted by molar-refractivity contribution is -0.118. The molecule has 0 aliphatic carbocycles. The van der Waals surface area contributed by atoms with Crippen LogP contribution >= 0.6 is 23.4 Å². The Morgan fingerprint density at radius 3 is 2.95 bits per heavy atom. The number of nitrogens with zero attached hydrogens (tertiary/aromatic N) is 2. The van der Waals surface area contributed by atoms with Crippen molar-refractivity contribution in [3.63, 3.8) is 0 Å². The van der Waals surface area contributed by atoms with Crippen molar-refractivity contribution < 1.29 is 9.21 Å². The lowest BCUT2D eigenvalue weighted by atomic mass is 10.1. The van der Waals surface area contributed by atoms with E-state index < -0.39 is 0 Å². The van der Waals surface area contributed by atoms with Crippen molar-refractivity contribution in [1.29, 1.82) is 0 Å². The molecule has 5 nitrogen and oxygen atoms in total. The maximum atomic E-state index is 12.0. The first-order chi connectivity index (χ1) is 10.7. The van der Waals surface area contributed by atoms with Crippen LogP contribution in [0.2, 0.25) is 5.02 Å². The molecule has 1 aliphatic heterocycles. The van der Waals surface area contributed by atoms with Gasteiger partial charge in [-0.3, -0.25) is 4.79 Å². The second-order valence-electron chi connectivity index (χ2n) is 4.56. The van der Waals surface area contributed by atoms with E-state index >= 15 is 0 Å². The number of benzene rings is 1. The average molecular weight is 334 g/mol. The Bertz CT molecular complexity index is 728. The predicted molar refractivity (Wildman–Crippen MR) is 88.4 cm³/mol. The van der Waals surface area contributed by atoms with E-state index in [0.717, 1.165) is 5.56 Å². The molecule has 1 aromatic heterocycles. The van der Waals surface area contributed by atoms with E-state index in [1.807, 2.05) is 24.3 Å². The number of carbonyl (C=O) groups is 1. The Morgan fingerprint density at radius 1 is 1.32 bits per heavy atom. The number of rotatable bonds is 4. The number of halogens is 1. The van der Waals surface area contributed by atoms with Gasteiger partial charge < -0.3 is 9.73 Å². The van der Waals surface area contributed by atoms with Gasteiger partial charge in [0.2, 0.25) is 5.91 Å². The summed E-state index contributed by atoms with van der Waals surface area (Å²) in [5.41, 5.74) is 0.942. The van der Waals surface area contributed by atoms with Gasteiger partial charge >= 0.3 is 0 Å². The van der Waals surface area contributed by atoms with Gasteiger partial charge in [-0.2, -0.15) is 5.10 Å². The highest BCUT2D eigenvalue weighted by atomic mass is 35.5. The Balaban J connectivity index is 1.64. The molecule has 112 valence electrons. The summed E-state index contributed by atoms with van der Waals surface area (Å²) in [4.78, 5) is 12.0. The van der Waals surface area contributed by atoms with Gasteiger partial charge in [-0.25, -0.2) is 0 Å². The van der Waals surface area contributed by atoms with E-state index in [-0.39, 0.29) is 11.2 Å². The number of hydrogen-bond acceptors (Lipinski definition) is 5. The zero-order valence-corrected chi connectivity index (χ0v) is 13.0. The number of hydrogen-bond donors (Lipinski definition) is 1. The molecular formula is C15H12ClN3O2S. The summed E-state index contributed by atoms with van der Waals surface area (Å²) in [7, 11) is 0. The molecule has 1 atom stereocenters. The van der Waals surface area contributed by atoms with Crippen molar-refractivity contribution in [2.75, 3.05) is 0 Å². The van der Waals surface area contributed by atoms with Gasteiger partial charge in [0, 0.05) is 5.02 Å². The fraction of sp³-hybridized carbons (Fsp3) is 0.133. The van der Waals surface area contributed by atoms with E-state index in [4.69, 9.17) is 16.0 Å². The minimum Gasteiger partial charge on any atom is -0.463 e. The fourth-order valence-corrected chi connectivity index (χ4v) is 3.12. The van der Waals surface area contributed by atoms with Gasteiger partial charge in [-0.1, -0.05) is 41.6 Å². The highest BCUT2D eigenvalue weighted by Crippen LogP contribution is 2.26. The molecule has 0 radical (unpaired) electrons. The summed E-state index contributed by atoms with van der Waals surface area (Å²) in [6, 6.07) is 11.0. The first-order valence-corrected chi connectivity index (χ1v) is 7.83. The van der Waals surface area contributed by atoms with E-state index in [0.29, 0.717) is 22.4 Å². The summed E-state index contributed by atoms with van der Waals surface area (Å²) in [6.07, 6.45) is 3.60. The van der Waals surface area contributed by atoms with E-state index in [1.165, 1.54) is 18.0 Å². The zero-order valence-electron chi connectivity index (χ0n) is 11.4. The Morgan fingerprint density at radius 2 is 2.18 bits per heavy atom. The largest absolute Gasteiger partial charge is 0.463 e. The van der Waals surface area contributed by atoms with Crippen LogP contribution in [0.15, 0.2) is 57.3 Å². The lowest BCUT2D eigenvalue weighted by Crippen LogP contribution is -2.26. The first-order valence-electron chi connectivity index (χ1n) is 6.58. The molecule has 0 unspecified atom stereocenters. The molecule has 0 bridgehead atoms. The standard InChI is InChI=1S/C15H12ClN3O2S/c16-12-6-2-1-4-10(12)8-13-14(20)18-15(22-13)19-17-9-11-5-3-7-21-11/h1-7,9,13H,8H2,(H,18,19,20)/b17-9-/t13-/m0/s1. The third kappa shape index (κ3) is 3.58. The van der Waals surface area contributed by atoms with Crippen molar-refractivity contribution in [2.24, 2.45) is 10.2 Å². The quantitative estimate of drug-likeness (QED) is 0.690. The first kappa shape index (κ1) is 14.9. The van der Waals surface area contributed by atoms with Gasteiger partial charge in [0.05, 0.1) is 17.7 Å². The van der Waals surface area contributed by atoms with Gasteiger partial charge in [-0.05, 0) is 30.2 Å². The summed E-state index contributed by atoms with van der Waals surface area (Å²) >= 11 is 7.47. The number of nitrogens with one attached hydrogen (secondary N) is 1. The van der Waals surface area contributed by atoms with Crippen LogP contribution in [0.4, 0.5) is 0 Å². The van der Waals surface area contributed by atoms with Crippen molar-refractivity contribution >= 4 is 40.7 Å². The normalized spacial score (nSPS) is 20.0. The van der Waals surface area contributed by atoms with Crippen molar-refractivity contribution in [2.45, 2.75) is 11.7 Å². The van der Waals surface area contributed by atoms with E-state index in [9.17, 15) is 4.79 Å². The van der Waals surface area contributed by atoms with Crippen LogP contribution < -0.4 is 5.32 Å². The van der Waals surface area contributed by atoms with Crippen LogP contribution in [0.5, 0.6) is 0 Å². The Kier molecular flexibility index (Phi) is 4.60. The topological polar surface area (TPSA) is 67.0 Å². The van der Waals surface area contributed by atoms with Gasteiger partial charge in [0.15, 0.2) is 5.17 Å². The van der Waals surface area contributed by atoms with E-state index in [2.05, 4.69) is 15.5 Å². The Labute approximate surface area is 136 Å². The molecule has 1 aromatic carbocycles. The molecular weight excluding hydrogens is 322 g/mol. The number of thioether (sulfide) groups is 1. The van der Waals surface area contributed by atoms with Crippen molar-refractivity contribution in [1.82, 2.24) is 5.32 Å². The molecule has 0 spiro atoms. The summed E-state index contributed by atoms with van der Waals surface area (Å²) in [5.74, 6) is 0.517. The van der Waals surface area contributed by atoms with E-state index in [1.54, 1.807) is 18.4 Å². The highest BCUT2D eigenvalue weighted by molar-refractivity contribution is 8.15. The number of carbonyl (C=O) groups excluding carboxylic acids is 1. The molecule has 3 rings (SSSR count). The summed E-state index contributed by atoms with van der Waals surface area (Å²) in [6.45, 7) is 0. The SMILES string of the molecule is O=C1N/C(=N\N=C/c2ccco2)S[C@H]1Cc1ccccc1Cl. The average Bonchev–Trinajstić information content (AvgIpc) is 3.12. The molecule has 1 saturated heterocycles. The van der Waals surface area contributed by atoms with Crippen LogP contribution in [0, 0.1) is 0 Å². The second kappa shape index (κ2) is 6.81. The van der Waals surface area contributed by atoms with Crippen LogP contribution in [0.25, 0.3) is 0 Å². The lowest BCUT2D eigenvalue weighted by Gasteiger charge is -2.06. The third-order valence-electron chi connectivity index (χ3n) is 3.02. The van der Waals surface area contributed by atoms with Crippen LogP contribution in [-0.2, 0) is 11.2 Å². The zero-order chi connectivity index (χ0) is 15.4. The molecule has 1 N–H and O–H groups in total. The molecule has 1 aliphatic rings. The summed E-state index contributed by atoms with van der Waals surface area (Å²) in [5, 5.41) is 11.5. The maximum Gasteiger partial charge on any atom is 0.239 e. The molecule has 1 amide bonds. The highest BCUT2D eigenvalue weighted by Gasteiger charge is 2.30. The molecule has 1 fully saturated rings. The Hall–Kier alpha value is -2.05. The molecule has 2 heterocycles. The van der Waals surface area contributed by atoms with Crippen molar-refractivity contribution in [3.05, 3.63) is 59.0 Å². The maximum absolute atomic E-state index is 12.0. The number of amidine groups is 1. The minimum absolute atomic E-state index is 0.0862. The molecule has 22 heavy (non-hydrogen) atoms. The minimum atomic E-state index is -0.252. The number of amides is 1. The monoisotopic (exact) mass is 333 g/mol. The van der Waals surface area contributed by atoms with Gasteiger partial charge in [0.25, 0.3) is 0 Å². The second-order valence-corrected chi connectivity index (χ2v) is 6.16. The van der Waals surface area contributed by atoms with Crippen LogP contribution in [-0.4, -0.2) is 22.5 Å². The van der Waals surface area contributed by atoms with Gasteiger partial charge in [0.1, 0.15) is 5.76 Å². The molecule has 2 aromatic rings. The van der Waals surface area contributed by atoms with Crippen molar-refractivity contribution in [3.8, 4) is 0 Å². The van der Waals surface area contributed by atoms with Crippen LogP contribution in [0.1, 0.15) is 11.3 Å². The van der Waals surface area contributed by atoms with Crippen LogP contribution in [0.3, 0.4) is 0 Å². The fourth-order valence-electron chi connectivity index (χ4n) is 1.95. The third-order valence-corrected chi connectivity index (χ3v) is 4.46. The van der Waals surface area contributed by atoms with Gasteiger partial charge in [-0.15, -0.1) is 5.10 Å². The molecule has 7 heteroatoms. The summed E-state index contributed by atoms with van der Waals surface area (Å²) < 4.78 is 5.11. The number of furan rings is 1. The predicted octanol–water partition coefficient (Wildman–Crippen LogP) is 3.10. The smallest absolute Gasteiger partial charge is 0.239 e.